The molecule has 1 aromatic heterocycles. The van der Waals surface area contributed by atoms with Crippen LogP contribution in [0.3, 0.4) is 0 Å². The molecule has 0 saturated carbocycles. The summed E-state index contributed by atoms with van der Waals surface area (Å²) in [5, 5.41) is 14.5. The largest absolute Gasteiger partial charge is 0.396 e. The van der Waals surface area contributed by atoms with Gasteiger partial charge in [0.05, 0.1) is 12.1 Å². The van der Waals surface area contributed by atoms with Gasteiger partial charge in [-0.25, -0.2) is 9.37 Å². The van der Waals surface area contributed by atoms with Gasteiger partial charge in [0.15, 0.2) is 0 Å². The summed E-state index contributed by atoms with van der Waals surface area (Å²) >= 11 is 1.39. The van der Waals surface area contributed by atoms with Crippen molar-refractivity contribution in [1.29, 1.82) is 0 Å². The van der Waals surface area contributed by atoms with Crippen molar-refractivity contribution in [1.82, 2.24) is 10.3 Å². The number of thiazole rings is 1. The number of carbonyl (C=O) groups excluding carboxylic acids is 1. The molecule has 2 aromatic rings. The van der Waals surface area contributed by atoms with Crippen molar-refractivity contribution in [3.05, 3.63) is 41.2 Å². The highest BCUT2D eigenvalue weighted by Gasteiger charge is 2.17. The van der Waals surface area contributed by atoms with Crippen LogP contribution in [0.15, 0.2) is 29.6 Å². The summed E-state index contributed by atoms with van der Waals surface area (Å²) < 4.78 is 13.3. The van der Waals surface area contributed by atoms with Crippen LogP contribution < -0.4 is 5.32 Å². The molecule has 4 nitrogen and oxygen atoms in total. The molecule has 23 heavy (non-hydrogen) atoms. The maximum Gasteiger partial charge on any atom is 0.226 e. The van der Waals surface area contributed by atoms with Crippen LogP contribution in [0.5, 0.6) is 0 Å². The number of carbonyl (C=O) groups is 1. The Balaban J connectivity index is 2.00. The van der Waals surface area contributed by atoms with Crippen molar-refractivity contribution in [3.8, 4) is 10.6 Å². The molecule has 1 atom stereocenters. The van der Waals surface area contributed by atoms with Crippen LogP contribution in [-0.2, 0) is 11.2 Å². The van der Waals surface area contributed by atoms with E-state index in [1.54, 1.807) is 12.1 Å². The van der Waals surface area contributed by atoms with Gasteiger partial charge in [-0.15, -0.1) is 11.3 Å². The highest BCUT2D eigenvalue weighted by Crippen LogP contribution is 2.24. The fourth-order valence-corrected chi connectivity index (χ4v) is 3.09. The summed E-state index contributed by atoms with van der Waals surface area (Å²) in [5.74, 6) is -0.168. The molecule has 1 unspecified atom stereocenters. The van der Waals surface area contributed by atoms with E-state index in [4.69, 9.17) is 5.11 Å². The van der Waals surface area contributed by atoms with Gasteiger partial charge < -0.3 is 10.4 Å². The Bertz CT molecular complexity index is 658. The first kappa shape index (κ1) is 17.6. The number of hydrogen-bond donors (Lipinski definition) is 2. The lowest BCUT2D eigenvalue weighted by atomic mass is 10.0. The summed E-state index contributed by atoms with van der Waals surface area (Å²) in [6.07, 6.45) is 0.718. The number of aliphatic hydroxyl groups is 1. The first-order chi connectivity index (χ1) is 11.0. The van der Waals surface area contributed by atoms with Gasteiger partial charge in [0.1, 0.15) is 10.8 Å². The zero-order valence-electron chi connectivity index (χ0n) is 13.3. The maximum absolute atomic E-state index is 13.3. The molecular weight excluding hydrogens is 315 g/mol. The number of hydrogen-bond acceptors (Lipinski definition) is 4. The Labute approximate surface area is 139 Å². The number of benzene rings is 1. The average Bonchev–Trinajstić information content (AvgIpc) is 2.95. The summed E-state index contributed by atoms with van der Waals surface area (Å²) in [6, 6.07) is 6.20. The molecule has 6 heteroatoms. The second kappa shape index (κ2) is 8.17. The SMILES string of the molecule is CC(C)C(CCO)NC(=O)Cc1csc(-c2cccc(F)c2)n1. The molecule has 1 heterocycles. The summed E-state index contributed by atoms with van der Waals surface area (Å²) in [6.45, 7) is 4.06. The van der Waals surface area contributed by atoms with E-state index in [2.05, 4.69) is 10.3 Å². The summed E-state index contributed by atoms with van der Waals surface area (Å²) in [5.41, 5.74) is 1.38. The third-order valence-corrected chi connectivity index (χ3v) is 4.50. The van der Waals surface area contributed by atoms with E-state index in [0.717, 1.165) is 0 Å². The van der Waals surface area contributed by atoms with Gasteiger partial charge >= 0.3 is 0 Å². The van der Waals surface area contributed by atoms with E-state index in [9.17, 15) is 9.18 Å². The molecule has 0 spiro atoms. The van der Waals surface area contributed by atoms with Crippen LogP contribution in [0, 0.1) is 11.7 Å². The van der Waals surface area contributed by atoms with Gasteiger partial charge in [0.2, 0.25) is 5.91 Å². The Morgan fingerprint density at radius 2 is 2.22 bits per heavy atom. The molecule has 0 fully saturated rings. The van der Waals surface area contributed by atoms with Gasteiger partial charge in [-0.1, -0.05) is 26.0 Å². The van der Waals surface area contributed by atoms with Crippen LogP contribution >= 0.6 is 11.3 Å². The third-order valence-electron chi connectivity index (χ3n) is 3.56. The number of nitrogens with one attached hydrogen (secondary N) is 1. The first-order valence-electron chi connectivity index (χ1n) is 7.60. The highest BCUT2D eigenvalue weighted by molar-refractivity contribution is 7.13. The van der Waals surface area contributed by atoms with E-state index in [0.29, 0.717) is 22.7 Å². The molecular formula is C17H21FN2O2S. The minimum absolute atomic E-state index is 0.0452. The molecule has 2 N–H and O–H groups in total. The molecule has 0 saturated heterocycles. The standard InChI is InChI=1S/C17H21FN2O2S/c1-11(2)15(6-7-21)20-16(22)9-14-10-23-17(19-14)12-4-3-5-13(18)8-12/h3-5,8,10-11,15,21H,6-7,9H2,1-2H3,(H,20,22). The van der Waals surface area contributed by atoms with Gasteiger partial charge in [-0.3, -0.25) is 4.79 Å². The van der Waals surface area contributed by atoms with Gasteiger partial charge in [0, 0.05) is 23.6 Å². The third kappa shape index (κ3) is 5.11. The molecule has 124 valence electrons. The van der Waals surface area contributed by atoms with Gasteiger partial charge in [-0.05, 0) is 24.5 Å². The lowest BCUT2D eigenvalue weighted by Gasteiger charge is -2.21. The molecule has 0 bridgehead atoms. The zero-order valence-corrected chi connectivity index (χ0v) is 14.1. The quantitative estimate of drug-likeness (QED) is 0.817. The minimum Gasteiger partial charge on any atom is -0.396 e. The average molecular weight is 336 g/mol. The number of rotatable bonds is 7. The number of amides is 1. The molecule has 2 rings (SSSR count). The van der Waals surface area contributed by atoms with Crippen LogP contribution in [0.1, 0.15) is 26.0 Å². The van der Waals surface area contributed by atoms with Gasteiger partial charge in [0.25, 0.3) is 0 Å². The maximum atomic E-state index is 13.3. The summed E-state index contributed by atoms with van der Waals surface area (Å²) in [4.78, 5) is 16.5. The van der Waals surface area contributed by atoms with Gasteiger partial charge in [-0.2, -0.15) is 0 Å². The topological polar surface area (TPSA) is 62.2 Å². The summed E-state index contributed by atoms with van der Waals surface area (Å²) in [7, 11) is 0. The zero-order chi connectivity index (χ0) is 16.8. The monoisotopic (exact) mass is 336 g/mol. The van der Waals surface area contributed by atoms with E-state index < -0.39 is 0 Å². The van der Waals surface area contributed by atoms with Crippen LogP contribution in [-0.4, -0.2) is 28.6 Å². The number of aromatic nitrogens is 1. The lowest BCUT2D eigenvalue weighted by molar-refractivity contribution is -0.121. The lowest BCUT2D eigenvalue weighted by Crippen LogP contribution is -2.40. The van der Waals surface area contributed by atoms with E-state index in [-0.39, 0.29) is 36.7 Å². The van der Waals surface area contributed by atoms with Crippen molar-refractivity contribution in [2.75, 3.05) is 6.61 Å². The van der Waals surface area contributed by atoms with E-state index in [1.165, 1.54) is 23.5 Å². The Kier molecular flexibility index (Phi) is 6.24. The normalized spacial score (nSPS) is 12.4. The second-order valence-electron chi connectivity index (χ2n) is 5.76. The Hall–Kier alpha value is -1.79. The number of halogens is 1. The fraction of sp³-hybridized carbons (Fsp3) is 0.412. The smallest absolute Gasteiger partial charge is 0.226 e. The van der Waals surface area contributed by atoms with Crippen molar-refractivity contribution in [2.24, 2.45) is 5.92 Å². The Morgan fingerprint density at radius 3 is 2.87 bits per heavy atom. The van der Waals surface area contributed by atoms with E-state index >= 15 is 0 Å². The van der Waals surface area contributed by atoms with Crippen molar-refractivity contribution in [3.63, 3.8) is 0 Å². The number of aliphatic hydroxyl groups excluding tert-OH is 1. The fourth-order valence-electron chi connectivity index (χ4n) is 2.28. The molecule has 0 aliphatic rings. The predicted octanol–water partition coefficient (Wildman–Crippen LogP) is 3.01. The van der Waals surface area contributed by atoms with Crippen LogP contribution in [0.25, 0.3) is 10.6 Å². The molecule has 0 radical (unpaired) electrons. The number of nitrogens with zero attached hydrogens (tertiary/aromatic N) is 1. The van der Waals surface area contributed by atoms with E-state index in [1.807, 2.05) is 19.2 Å². The predicted molar refractivity (Wildman–Crippen MR) is 89.7 cm³/mol. The minimum atomic E-state index is -0.305. The van der Waals surface area contributed by atoms with Crippen LogP contribution in [0.4, 0.5) is 4.39 Å². The van der Waals surface area contributed by atoms with Crippen LogP contribution in [0.2, 0.25) is 0 Å². The second-order valence-corrected chi connectivity index (χ2v) is 6.62. The highest BCUT2D eigenvalue weighted by atomic mass is 32.1. The first-order valence-corrected chi connectivity index (χ1v) is 8.48. The molecule has 0 aliphatic carbocycles. The van der Waals surface area contributed by atoms with Crippen molar-refractivity contribution in [2.45, 2.75) is 32.7 Å². The molecule has 1 aromatic carbocycles. The Morgan fingerprint density at radius 1 is 1.43 bits per heavy atom. The van der Waals surface area contributed by atoms with Crippen molar-refractivity contribution < 1.29 is 14.3 Å². The molecule has 0 aliphatic heterocycles. The molecule has 1 amide bonds. The van der Waals surface area contributed by atoms with Crippen molar-refractivity contribution >= 4 is 17.2 Å².